The van der Waals surface area contributed by atoms with Crippen molar-refractivity contribution in [3.8, 4) is 22.7 Å². The first-order valence-corrected chi connectivity index (χ1v) is 13.3. The highest BCUT2D eigenvalue weighted by Crippen LogP contribution is 2.36. The van der Waals surface area contributed by atoms with Gasteiger partial charge in [0.1, 0.15) is 5.75 Å². The van der Waals surface area contributed by atoms with Crippen LogP contribution in [-0.2, 0) is 4.79 Å². The van der Waals surface area contributed by atoms with Crippen LogP contribution in [0, 0.1) is 0 Å². The van der Waals surface area contributed by atoms with E-state index >= 15 is 0 Å². The van der Waals surface area contributed by atoms with Gasteiger partial charge in [-0.3, -0.25) is 10.2 Å². The Morgan fingerprint density at radius 2 is 1.76 bits per heavy atom. The van der Waals surface area contributed by atoms with Crippen LogP contribution in [0.15, 0.2) is 90.0 Å². The zero-order valence-electron chi connectivity index (χ0n) is 19.5. The van der Waals surface area contributed by atoms with Gasteiger partial charge in [0.25, 0.3) is 5.91 Å². The summed E-state index contributed by atoms with van der Waals surface area (Å²) in [6.07, 6.45) is 3.76. The van der Waals surface area contributed by atoms with Crippen molar-refractivity contribution in [3.05, 3.63) is 95.5 Å². The second-order valence-electron chi connectivity index (χ2n) is 8.06. The second kappa shape index (κ2) is 9.81. The van der Waals surface area contributed by atoms with Crippen LogP contribution in [0.2, 0.25) is 0 Å². The number of carbonyl (C=O) groups is 1. The third kappa shape index (κ3) is 4.62. The number of anilines is 1. The van der Waals surface area contributed by atoms with Crippen LogP contribution in [-0.4, -0.2) is 37.1 Å². The topological polar surface area (TPSA) is 72.3 Å². The Hall–Kier alpha value is -3.99. The highest BCUT2D eigenvalue weighted by atomic mass is 32.2. The minimum Gasteiger partial charge on any atom is -0.497 e. The number of thioether (sulfide) groups is 1. The van der Waals surface area contributed by atoms with Crippen molar-refractivity contribution in [2.24, 2.45) is 0 Å². The molecule has 1 fully saturated rings. The molecular weight excluding hydrogens is 523 g/mol. The van der Waals surface area contributed by atoms with Crippen LogP contribution >= 0.6 is 35.3 Å². The maximum Gasteiger partial charge on any atom is 0.285 e. The summed E-state index contributed by atoms with van der Waals surface area (Å²) in [5.74, 6) is 0.525. The number of hydrazine groups is 1. The van der Waals surface area contributed by atoms with Crippen LogP contribution < -0.4 is 10.2 Å². The van der Waals surface area contributed by atoms with E-state index in [4.69, 9.17) is 22.1 Å². The van der Waals surface area contributed by atoms with Crippen LogP contribution in [0.1, 0.15) is 5.56 Å². The summed E-state index contributed by atoms with van der Waals surface area (Å²) >= 11 is 8.25. The maximum absolute atomic E-state index is 13.4. The molecule has 0 radical (unpaired) electrons. The normalized spacial score (nSPS) is 14.6. The Balaban J connectivity index is 1.35. The van der Waals surface area contributed by atoms with E-state index in [0.717, 1.165) is 38.5 Å². The van der Waals surface area contributed by atoms with E-state index in [1.807, 2.05) is 95.8 Å². The van der Waals surface area contributed by atoms with Crippen molar-refractivity contribution in [3.63, 3.8) is 0 Å². The highest BCUT2D eigenvalue weighted by molar-refractivity contribution is 8.26. The van der Waals surface area contributed by atoms with Gasteiger partial charge in [-0.05, 0) is 66.8 Å². The number of hydrogen-bond donors (Lipinski definition) is 1. The molecular formula is C27H19N5O2S3. The predicted octanol–water partition coefficient (Wildman–Crippen LogP) is 6.39. The summed E-state index contributed by atoms with van der Waals surface area (Å²) in [6.45, 7) is 0. The number of ether oxygens (including phenoxy) is 1. The minimum atomic E-state index is -0.234. The van der Waals surface area contributed by atoms with Crippen LogP contribution in [0.5, 0.6) is 5.75 Å². The van der Waals surface area contributed by atoms with E-state index in [1.54, 1.807) is 7.11 Å². The molecule has 7 nitrogen and oxygen atoms in total. The third-order valence-corrected chi connectivity index (χ3v) is 7.95. The molecule has 1 amide bonds. The van der Waals surface area contributed by atoms with Crippen molar-refractivity contribution in [2.45, 2.75) is 0 Å². The van der Waals surface area contributed by atoms with Gasteiger partial charge in [0.2, 0.25) is 5.13 Å². The molecule has 0 unspecified atom stereocenters. The first kappa shape index (κ1) is 23.4. The highest BCUT2D eigenvalue weighted by Gasteiger charge is 2.33. The summed E-state index contributed by atoms with van der Waals surface area (Å²) < 4.78 is 8.56. The van der Waals surface area contributed by atoms with E-state index < -0.39 is 0 Å². The number of amides is 1. The number of rotatable bonds is 6. The minimum absolute atomic E-state index is 0.234. The van der Waals surface area contributed by atoms with Gasteiger partial charge in [0.05, 0.1) is 33.6 Å². The Labute approximate surface area is 226 Å². The summed E-state index contributed by atoms with van der Waals surface area (Å²) in [5.41, 5.74) is 7.33. The fourth-order valence-corrected chi connectivity index (χ4v) is 5.92. The average molecular weight is 542 g/mol. The number of thiocarbonyl (C=S) groups is 1. The van der Waals surface area contributed by atoms with Crippen LogP contribution in [0.4, 0.5) is 5.13 Å². The maximum atomic E-state index is 13.4. The molecule has 2 aromatic heterocycles. The number of hydrogen-bond acceptors (Lipinski definition) is 8. The molecule has 1 N–H and O–H groups in total. The number of nitrogens with zero attached hydrogens (tertiary/aromatic N) is 4. The number of aromatic nitrogens is 3. The molecule has 37 heavy (non-hydrogen) atoms. The van der Waals surface area contributed by atoms with Gasteiger partial charge in [-0.1, -0.05) is 53.4 Å². The zero-order chi connectivity index (χ0) is 25.4. The molecule has 0 saturated carbocycles. The fourth-order valence-electron chi connectivity index (χ4n) is 3.90. The molecule has 6 rings (SSSR count). The monoisotopic (exact) mass is 541 g/mol. The lowest BCUT2D eigenvalue weighted by molar-refractivity contribution is -0.121. The van der Waals surface area contributed by atoms with Gasteiger partial charge in [-0.2, -0.15) is 10.1 Å². The molecule has 1 saturated heterocycles. The van der Waals surface area contributed by atoms with Gasteiger partial charge < -0.3 is 4.74 Å². The summed E-state index contributed by atoms with van der Waals surface area (Å²) in [6, 6.07) is 25.4. The molecule has 0 bridgehead atoms. The van der Waals surface area contributed by atoms with Gasteiger partial charge in [0.15, 0.2) is 4.32 Å². The molecule has 0 spiro atoms. The first-order valence-electron chi connectivity index (χ1n) is 11.3. The molecule has 3 heterocycles. The van der Waals surface area contributed by atoms with E-state index in [0.29, 0.717) is 14.4 Å². The van der Waals surface area contributed by atoms with E-state index in [2.05, 4.69) is 10.4 Å². The average Bonchev–Trinajstić information content (AvgIpc) is 3.61. The van der Waals surface area contributed by atoms with Crippen molar-refractivity contribution in [1.29, 1.82) is 0 Å². The molecule has 0 aliphatic carbocycles. The number of fused-ring (bicyclic) bond motifs is 1. The first-order chi connectivity index (χ1) is 18.1. The van der Waals surface area contributed by atoms with Gasteiger partial charge in [0, 0.05) is 17.3 Å². The molecule has 3 aromatic carbocycles. The van der Waals surface area contributed by atoms with Crippen LogP contribution in [0.25, 0.3) is 33.2 Å². The van der Waals surface area contributed by atoms with E-state index in [9.17, 15) is 4.79 Å². The number of nitrogens with one attached hydrogen (secondary N) is 1. The lowest BCUT2D eigenvalue weighted by atomic mass is 10.1. The number of para-hydroxylation sites is 2. The van der Waals surface area contributed by atoms with E-state index in [-0.39, 0.29) is 5.91 Å². The van der Waals surface area contributed by atoms with Gasteiger partial charge >= 0.3 is 0 Å². The van der Waals surface area contributed by atoms with Gasteiger partial charge in [-0.15, -0.1) is 0 Å². The Morgan fingerprint density at radius 1 is 1.00 bits per heavy atom. The molecule has 0 atom stereocenters. The largest absolute Gasteiger partial charge is 0.497 e. The number of thiazole rings is 1. The Kier molecular flexibility index (Phi) is 6.21. The number of methoxy groups -OCH3 is 1. The Bertz CT molecular complexity index is 1630. The smallest absolute Gasteiger partial charge is 0.285 e. The zero-order valence-corrected chi connectivity index (χ0v) is 21.9. The molecule has 1 aliphatic rings. The fraction of sp³-hybridized carbons (Fsp3) is 0.0370. The summed E-state index contributed by atoms with van der Waals surface area (Å²) in [4.78, 5) is 18.4. The SMILES string of the molecule is COc1ccc(-c2nn(-c3ccccc3)cc2/C=C2\SC(=S)N(Nc3nc4ccccc4s3)C2=O)cc1. The van der Waals surface area contributed by atoms with Gasteiger partial charge in [-0.25, -0.2) is 9.67 Å². The third-order valence-electron chi connectivity index (χ3n) is 5.71. The number of carbonyl (C=O) groups excluding carboxylic acids is 1. The van der Waals surface area contributed by atoms with E-state index in [1.165, 1.54) is 28.1 Å². The summed E-state index contributed by atoms with van der Waals surface area (Å²) in [7, 11) is 1.63. The standard InChI is InChI=1S/C27H19N5O2S3/c1-34-20-13-11-17(12-14-20)24-18(16-31(29-24)19-7-3-2-4-8-19)15-23-25(33)32(27(35)37-23)30-26-28-21-9-5-6-10-22(21)36-26/h2-16H,1H3,(H,28,30)/b23-15-. The molecule has 182 valence electrons. The van der Waals surface area contributed by atoms with Crippen molar-refractivity contribution < 1.29 is 9.53 Å². The van der Waals surface area contributed by atoms with Crippen LogP contribution in [0.3, 0.4) is 0 Å². The predicted molar refractivity (Wildman–Crippen MR) is 154 cm³/mol. The quantitative estimate of drug-likeness (QED) is 0.197. The summed E-state index contributed by atoms with van der Waals surface area (Å²) in [5, 5.41) is 6.82. The van der Waals surface area contributed by atoms with Crippen molar-refractivity contribution in [2.75, 3.05) is 12.5 Å². The Morgan fingerprint density at radius 3 is 2.51 bits per heavy atom. The number of benzene rings is 3. The van der Waals surface area contributed by atoms with Crippen molar-refractivity contribution in [1.82, 2.24) is 19.8 Å². The molecule has 1 aliphatic heterocycles. The lowest BCUT2D eigenvalue weighted by Crippen LogP contribution is -2.33. The molecule has 5 aromatic rings. The van der Waals surface area contributed by atoms with Crippen molar-refractivity contribution >= 4 is 67.0 Å². The second-order valence-corrected chi connectivity index (χ2v) is 10.8. The molecule has 10 heteroatoms. The lowest BCUT2D eigenvalue weighted by Gasteiger charge is -2.14.